The van der Waals surface area contributed by atoms with Crippen molar-refractivity contribution in [2.75, 3.05) is 0 Å². The van der Waals surface area contributed by atoms with Crippen LogP contribution in [0.1, 0.15) is 11.6 Å². The van der Waals surface area contributed by atoms with Crippen molar-refractivity contribution >= 4 is 5.91 Å². The molecule has 0 bridgehead atoms. The van der Waals surface area contributed by atoms with E-state index in [1.165, 1.54) is 12.1 Å². The summed E-state index contributed by atoms with van der Waals surface area (Å²) in [6, 6.07) is 3.08. The molecular formula is C11H10F3NO. The molecule has 86 valence electrons. The smallest absolute Gasteiger partial charge is 0.262 e. The first-order valence-corrected chi connectivity index (χ1v) is 4.51. The highest BCUT2D eigenvalue weighted by Crippen LogP contribution is 2.20. The van der Waals surface area contributed by atoms with Crippen LogP contribution in [0.15, 0.2) is 36.9 Å². The highest BCUT2D eigenvalue weighted by molar-refractivity contribution is 5.87. The largest absolute Gasteiger partial charge is 0.340 e. The van der Waals surface area contributed by atoms with Crippen molar-refractivity contribution in [3.63, 3.8) is 0 Å². The van der Waals surface area contributed by atoms with Crippen LogP contribution in [0.2, 0.25) is 0 Å². The van der Waals surface area contributed by atoms with Crippen LogP contribution >= 0.6 is 0 Å². The molecule has 5 heteroatoms. The Balaban J connectivity index is 2.89. The minimum absolute atomic E-state index is 0.145. The van der Waals surface area contributed by atoms with Gasteiger partial charge in [-0.15, -0.1) is 0 Å². The van der Waals surface area contributed by atoms with Crippen molar-refractivity contribution in [3.05, 3.63) is 48.3 Å². The summed E-state index contributed by atoms with van der Waals surface area (Å²) in [7, 11) is 0. The fraction of sp³-hybridized carbons (Fsp3) is 0.182. The summed E-state index contributed by atoms with van der Waals surface area (Å²) in [6.45, 7) is 3.16. The molecule has 0 radical (unpaired) electrons. The maximum atomic E-state index is 12.6. The predicted octanol–water partition coefficient (Wildman–Crippen LogP) is 2.43. The van der Waals surface area contributed by atoms with E-state index in [2.05, 4.69) is 11.9 Å². The quantitative estimate of drug-likeness (QED) is 0.789. The van der Waals surface area contributed by atoms with Gasteiger partial charge in [-0.2, -0.15) is 0 Å². The molecule has 0 spiro atoms. The average Bonchev–Trinajstić information content (AvgIpc) is 2.26. The van der Waals surface area contributed by atoms with Gasteiger partial charge in [-0.05, 0) is 23.8 Å². The van der Waals surface area contributed by atoms with Gasteiger partial charge in [0.05, 0.1) is 0 Å². The van der Waals surface area contributed by atoms with Gasteiger partial charge in [0.2, 0.25) is 5.91 Å². The third kappa shape index (κ3) is 3.12. The molecule has 0 aliphatic carbocycles. The van der Waals surface area contributed by atoms with E-state index in [1.807, 2.05) is 0 Å². The minimum atomic E-state index is -2.77. The molecule has 1 amide bonds. The monoisotopic (exact) mass is 229 g/mol. The van der Waals surface area contributed by atoms with Gasteiger partial charge >= 0.3 is 0 Å². The van der Waals surface area contributed by atoms with E-state index in [4.69, 9.17) is 0 Å². The van der Waals surface area contributed by atoms with E-state index in [0.29, 0.717) is 0 Å². The second-order valence-electron chi connectivity index (χ2n) is 3.08. The highest BCUT2D eigenvalue weighted by atomic mass is 19.3. The van der Waals surface area contributed by atoms with Crippen LogP contribution < -0.4 is 5.32 Å². The molecule has 0 unspecified atom stereocenters. The molecule has 0 saturated carbocycles. The summed E-state index contributed by atoms with van der Waals surface area (Å²) >= 11 is 0. The van der Waals surface area contributed by atoms with Gasteiger partial charge in [-0.25, -0.2) is 13.2 Å². The van der Waals surface area contributed by atoms with Gasteiger partial charge in [-0.3, -0.25) is 4.79 Å². The summed E-state index contributed by atoms with van der Waals surface area (Å²) in [6.07, 6.45) is -1.87. The molecule has 16 heavy (non-hydrogen) atoms. The summed E-state index contributed by atoms with van der Waals surface area (Å²) in [5.41, 5.74) is 0.145. The molecule has 1 N–H and O–H groups in total. The Hall–Kier alpha value is -1.78. The number of hydrogen-bond acceptors (Lipinski definition) is 1. The summed E-state index contributed by atoms with van der Waals surface area (Å²) in [4.78, 5) is 10.9. The summed E-state index contributed by atoms with van der Waals surface area (Å²) < 4.78 is 37.9. The van der Waals surface area contributed by atoms with E-state index in [-0.39, 0.29) is 5.56 Å². The molecule has 0 aromatic heterocycles. The Labute approximate surface area is 90.8 Å². The molecule has 0 heterocycles. The number of carbonyl (C=O) groups excluding carboxylic acids is 1. The first-order chi connectivity index (χ1) is 7.54. The van der Waals surface area contributed by atoms with Crippen LogP contribution in [0.5, 0.6) is 0 Å². The third-order valence-electron chi connectivity index (χ3n) is 1.96. The molecule has 0 aliphatic heterocycles. The Bertz CT molecular complexity index is 375. The molecule has 1 aromatic carbocycles. The van der Waals surface area contributed by atoms with Crippen LogP contribution in [0, 0.1) is 5.82 Å². The zero-order chi connectivity index (χ0) is 12.1. The van der Waals surface area contributed by atoms with Crippen LogP contribution in [-0.4, -0.2) is 12.3 Å². The van der Waals surface area contributed by atoms with Gasteiger partial charge in [0.25, 0.3) is 6.43 Å². The highest BCUT2D eigenvalue weighted by Gasteiger charge is 2.23. The minimum Gasteiger partial charge on any atom is -0.340 e. The number of nitrogens with one attached hydrogen (secondary N) is 1. The van der Waals surface area contributed by atoms with E-state index < -0.39 is 24.2 Å². The molecule has 1 aromatic rings. The lowest BCUT2D eigenvalue weighted by molar-refractivity contribution is -0.118. The SMILES string of the molecule is C=CC(=O)N[C@H](c1ccc(F)cc1)C(F)F. The maximum Gasteiger partial charge on any atom is 0.262 e. The third-order valence-corrected chi connectivity index (χ3v) is 1.96. The zero-order valence-electron chi connectivity index (χ0n) is 8.29. The van der Waals surface area contributed by atoms with Crippen molar-refractivity contribution in [2.24, 2.45) is 0 Å². The lowest BCUT2D eigenvalue weighted by atomic mass is 10.1. The second kappa shape index (κ2) is 5.34. The predicted molar refractivity (Wildman–Crippen MR) is 53.5 cm³/mol. The first kappa shape index (κ1) is 12.3. The molecule has 0 saturated heterocycles. The van der Waals surface area contributed by atoms with E-state index in [9.17, 15) is 18.0 Å². The average molecular weight is 229 g/mol. The number of alkyl halides is 2. The standard InChI is InChI=1S/C11H10F3NO/c1-2-9(16)15-10(11(13)14)7-3-5-8(12)6-4-7/h2-6,10-11H,1H2,(H,15,16)/t10-/m1/s1. The van der Waals surface area contributed by atoms with E-state index in [0.717, 1.165) is 18.2 Å². The van der Waals surface area contributed by atoms with Crippen molar-refractivity contribution in [3.8, 4) is 0 Å². The molecule has 0 fully saturated rings. The number of hydrogen-bond donors (Lipinski definition) is 1. The number of halogens is 3. The van der Waals surface area contributed by atoms with Crippen molar-refractivity contribution in [2.45, 2.75) is 12.5 Å². The fourth-order valence-corrected chi connectivity index (χ4v) is 1.17. The van der Waals surface area contributed by atoms with Crippen LogP contribution in [0.25, 0.3) is 0 Å². The molecular weight excluding hydrogens is 219 g/mol. The van der Waals surface area contributed by atoms with Crippen molar-refractivity contribution in [1.29, 1.82) is 0 Å². The number of benzene rings is 1. The lowest BCUT2D eigenvalue weighted by Gasteiger charge is -2.17. The molecule has 2 nitrogen and oxygen atoms in total. The Morgan fingerprint density at radius 2 is 1.88 bits per heavy atom. The van der Waals surface area contributed by atoms with Crippen LogP contribution in [0.4, 0.5) is 13.2 Å². The zero-order valence-corrected chi connectivity index (χ0v) is 8.29. The van der Waals surface area contributed by atoms with Crippen molar-refractivity contribution in [1.82, 2.24) is 5.32 Å². The molecule has 0 aliphatic rings. The number of carbonyl (C=O) groups is 1. The molecule has 1 rings (SSSR count). The van der Waals surface area contributed by atoms with Gasteiger partial charge < -0.3 is 5.32 Å². The van der Waals surface area contributed by atoms with Gasteiger partial charge in [0.15, 0.2) is 0 Å². The summed E-state index contributed by atoms with van der Waals surface area (Å²) in [5, 5.41) is 2.07. The van der Waals surface area contributed by atoms with Gasteiger partial charge in [0, 0.05) is 0 Å². The van der Waals surface area contributed by atoms with Gasteiger partial charge in [0.1, 0.15) is 11.9 Å². The fourth-order valence-electron chi connectivity index (χ4n) is 1.17. The summed E-state index contributed by atoms with van der Waals surface area (Å²) in [5.74, 6) is -1.22. The lowest BCUT2D eigenvalue weighted by Crippen LogP contribution is -2.31. The second-order valence-corrected chi connectivity index (χ2v) is 3.08. The Kier molecular flexibility index (Phi) is 4.10. The normalized spacial score (nSPS) is 12.2. The maximum absolute atomic E-state index is 12.6. The van der Waals surface area contributed by atoms with Crippen LogP contribution in [0.3, 0.4) is 0 Å². The Morgan fingerprint density at radius 1 is 1.31 bits per heavy atom. The number of rotatable bonds is 4. The first-order valence-electron chi connectivity index (χ1n) is 4.51. The van der Waals surface area contributed by atoms with Crippen LogP contribution in [-0.2, 0) is 4.79 Å². The van der Waals surface area contributed by atoms with Gasteiger partial charge in [-0.1, -0.05) is 18.7 Å². The Morgan fingerprint density at radius 3 is 2.31 bits per heavy atom. The topological polar surface area (TPSA) is 29.1 Å². The molecule has 1 atom stereocenters. The van der Waals surface area contributed by atoms with Crippen molar-refractivity contribution < 1.29 is 18.0 Å². The number of amides is 1. The van der Waals surface area contributed by atoms with E-state index in [1.54, 1.807) is 0 Å². The van der Waals surface area contributed by atoms with E-state index >= 15 is 0 Å².